The van der Waals surface area contributed by atoms with Crippen molar-refractivity contribution in [1.82, 2.24) is 5.32 Å². The van der Waals surface area contributed by atoms with E-state index in [0.29, 0.717) is 6.54 Å². The van der Waals surface area contributed by atoms with Crippen LogP contribution in [0.4, 0.5) is 0 Å². The average Bonchev–Trinajstić information content (AvgIpc) is 2.77. The molecule has 0 radical (unpaired) electrons. The molecule has 18 heavy (non-hydrogen) atoms. The molecule has 3 atom stereocenters. The molecule has 0 aliphatic carbocycles. The Balaban J connectivity index is 1.82. The third kappa shape index (κ3) is 2.82. The first-order valence-electron chi connectivity index (χ1n) is 6.35. The number of ether oxygens (including phenoxy) is 1. The molecule has 0 saturated carbocycles. The zero-order valence-corrected chi connectivity index (χ0v) is 10.8. The van der Waals surface area contributed by atoms with Gasteiger partial charge in [-0.25, -0.2) is 0 Å². The first-order chi connectivity index (χ1) is 8.58. The molecule has 1 aromatic carbocycles. The van der Waals surface area contributed by atoms with E-state index in [9.17, 15) is 4.79 Å². The third-order valence-electron chi connectivity index (χ3n) is 3.42. The molecular formula is C14H20N2O2. The highest BCUT2D eigenvalue weighted by Gasteiger charge is 2.24. The molecule has 0 bridgehead atoms. The fourth-order valence-electron chi connectivity index (χ4n) is 1.98. The Labute approximate surface area is 108 Å². The van der Waals surface area contributed by atoms with Crippen LogP contribution in [0.3, 0.4) is 0 Å². The highest BCUT2D eigenvalue weighted by atomic mass is 16.5. The lowest BCUT2D eigenvalue weighted by Crippen LogP contribution is -2.42. The predicted molar refractivity (Wildman–Crippen MR) is 70.4 cm³/mol. The van der Waals surface area contributed by atoms with Crippen molar-refractivity contribution in [3.8, 4) is 5.75 Å². The van der Waals surface area contributed by atoms with Gasteiger partial charge in [-0.15, -0.1) is 0 Å². The van der Waals surface area contributed by atoms with Crippen LogP contribution in [0.15, 0.2) is 24.3 Å². The molecule has 1 aliphatic rings. The second kappa shape index (κ2) is 5.40. The van der Waals surface area contributed by atoms with Crippen molar-refractivity contribution >= 4 is 5.91 Å². The summed E-state index contributed by atoms with van der Waals surface area (Å²) in [6.07, 6.45) is 0.884. The molecule has 1 aromatic rings. The lowest BCUT2D eigenvalue weighted by atomic mass is 10.0. The van der Waals surface area contributed by atoms with Gasteiger partial charge in [0.05, 0.1) is 6.54 Å². The molecule has 0 fully saturated rings. The molecule has 1 amide bonds. The molecule has 1 heterocycles. The summed E-state index contributed by atoms with van der Waals surface area (Å²) in [6, 6.07) is 7.84. The maximum absolute atomic E-state index is 11.8. The molecule has 3 N–H and O–H groups in total. The summed E-state index contributed by atoms with van der Waals surface area (Å²) in [5.74, 6) is 0.746. The van der Waals surface area contributed by atoms with Gasteiger partial charge >= 0.3 is 0 Å². The van der Waals surface area contributed by atoms with E-state index >= 15 is 0 Å². The number of hydrogen-bond donors (Lipinski definition) is 2. The maximum Gasteiger partial charge on any atom is 0.224 e. The topological polar surface area (TPSA) is 64.4 Å². The van der Waals surface area contributed by atoms with Crippen molar-refractivity contribution in [2.75, 3.05) is 6.54 Å². The number of benzene rings is 1. The summed E-state index contributed by atoms with van der Waals surface area (Å²) in [5.41, 5.74) is 6.90. The number of fused-ring (bicyclic) bond motifs is 1. The standard InChI is InChI=1S/C14H20N2O2/c1-9(10(2)15)14(17)16-8-12-7-11-5-3-4-6-13(11)18-12/h3-6,9-10,12H,7-8,15H2,1-2H3,(H,16,17). The van der Waals surface area contributed by atoms with Gasteiger partial charge in [-0.2, -0.15) is 0 Å². The van der Waals surface area contributed by atoms with E-state index in [1.165, 1.54) is 5.56 Å². The molecule has 3 unspecified atom stereocenters. The first kappa shape index (κ1) is 12.9. The van der Waals surface area contributed by atoms with Crippen LogP contribution >= 0.6 is 0 Å². The van der Waals surface area contributed by atoms with Crippen LogP contribution in [0.25, 0.3) is 0 Å². The van der Waals surface area contributed by atoms with Crippen molar-refractivity contribution < 1.29 is 9.53 Å². The third-order valence-corrected chi connectivity index (χ3v) is 3.42. The quantitative estimate of drug-likeness (QED) is 0.838. The number of carbonyl (C=O) groups excluding carboxylic acids is 1. The largest absolute Gasteiger partial charge is 0.488 e. The highest BCUT2D eigenvalue weighted by molar-refractivity contribution is 5.78. The summed E-state index contributed by atoms with van der Waals surface area (Å²) in [6.45, 7) is 4.21. The second-order valence-corrected chi connectivity index (χ2v) is 4.94. The maximum atomic E-state index is 11.8. The van der Waals surface area contributed by atoms with E-state index in [4.69, 9.17) is 10.5 Å². The Morgan fingerprint density at radius 3 is 2.89 bits per heavy atom. The smallest absolute Gasteiger partial charge is 0.224 e. The summed E-state index contributed by atoms with van der Waals surface area (Å²) in [4.78, 5) is 11.8. The molecule has 4 heteroatoms. The molecular weight excluding hydrogens is 228 g/mol. The fraction of sp³-hybridized carbons (Fsp3) is 0.500. The molecule has 0 aromatic heterocycles. The van der Waals surface area contributed by atoms with Gasteiger partial charge < -0.3 is 15.8 Å². The van der Waals surface area contributed by atoms with Crippen molar-refractivity contribution in [3.63, 3.8) is 0 Å². The lowest BCUT2D eigenvalue weighted by molar-refractivity contribution is -0.125. The van der Waals surface area contributed by atoms with Gasteiger partial charge in [0.25, 0.3) is 0 Å². The van der Waals surface area contributed by atoms with Crippen LogP contribution in [-0.4, -0.2) is 24.6 Å². The number of amides is 1. The van der Waals surface area contributed by atoms with Gasteiger partial charge in [-0.3, -0.25) is 4.79 Å². The number of para-hydroxylation sites is 1. The van der Waals surface area contributed by atoms with E-state index in [2.05, 4.69) is 11.4 Å². The summed E-state index contributed by atoms with van der Waals surface area (Å²) >= 11 is 0. The number of hydrogen-bond acceptors (Lipinski definition) is 3. The van der Waals surface area contributed by atoms with Crippen LogP contribution in [0.5, 0.6) is 5.75 Å². The van der Waals surface area contributed by atoms with E-state index in [0.717, 1.165) is 12.2 Å². The van der Waals surface area contributed by atoms with Gasteiger partial charge in [0, 0.05) is 18.4 Å². The summed E-state index contributed by atoms with van der Waals surface area (Å²) < 4.78 is 5.75. The minimum Gasteiger partial charge on any atom is -0.488 e. The molecule has 2 rings (SSSR count). The first-order valence-corrected chi connectivity index (χ1v) is 6.35. The van der Waals surface area contributed by atoms with Gasteiger partial charge in [-0.05, 0) is 18.6 Å². The molecule has 1 aliphatic heterocycles. The van der Waals surface area contributed by atoms with Crippen molar-refractivity contribution in [1.29, 1.82) is 0 Å². The summed E-state index contributed by atoms with van der Waals surface area (Å²) in [5, 5.41) is 2.90. The normalized spacial score (nSPS) is 20.7. The lowest BCUT2D eigenvalue weighted by Gasteiger charge is -2.17. The van der Waals surface area contributed by atoms with E-state index in [1.54, 1.807) is 0 Å². The minimum absolute atomic E-state index is 0.00967. The second-order valence-electron chi connectivity index (χ2n) is 4.94. The summed E-state index contributed by atoms with van der Waals surface area (Å²) in [7, 11) is 0. The molecule has 4 nitrogen and oxygen atoms in total. The van der Waals surface area contributed by atoms with E-state index < -0.39 is 0 Å². The Kier molecular flexibility index (Phi) is 3.87. The van der Waals surface area contributed by atoms with Crippen LogP contribution in [0.1, 0.15) is 19.4 Å². The van der Waals surface area contributed by atoms with Gasteiger partial charge in [0.1, 0.15) is 11.9 Å². The Bertz CT molecular complexity index is 407. The molecule has 0 spiro atoms. The number of rotatable bonds is 4. The van der Waals surface area contributed by atoms with Gasteiger partial charge in [-0.1, -0.05) is 25.1 Å². The van der Waals surface area contributed by atoms with Gasteiger partial charge in [0.2, 0.25) is 5.91 Å². The zero-order valence-electron chi connectivity index (χ0n) is 10.8. The van der Waals surface area contributed by atoms with E-state index in [1.807, 2.05) is 32.0 Å². The van der Waals surface area contributed by atoms with Crippen LogP contribution in [0, 0.1) is 5.92 Å². The Hall–Kier alpha value is -1.55. The average molecular weight is 248 g/mol. The van der Waals surface area contributed by atoms with Crippen molar-refractivity contribution in [3.05, 3.63) is 29.8 Å². The van der Waals surface area contributed by atoms with Crippen molar-refractivity contribution in [2.45, 2.75) is 32.4 Å². The molecule has 98 valence electrons. The number of nitrogens with two attached hydrogens (primary N) is 1. The minimum atomic E-state index is -0.172. The van der Waals surface area contributed by atoms with Crippen LogP contribution in [-0.2, 0) is 11.2 Å². The monoisotopic (exact) mass is 248 g/mol. The van der Waals surface area contributed by atoms with Crippen LogP contribution in [0.2, 0.25) is 0 Å². The number of carbonyl (C=O) groups is 1. The highest BCUT2D eigenvalue weighted by Crippen LogP contribution is 2.27. The SMILES string of the molecule is CC(N)C(C)C(=O)NCC1Cc2ccccc2O1. The van der Waals surface area contributed by atoms with Crippen molar-refractivity contribution in [2.24, 2.45) is 11.7 Å². The Morgan fingerprint density at radius 1 is 1.50 bits per heavy atom. The fourth-order valence-corrected chi connectivity index (χ4v) is 1.98. The van der Waals surface area contributed by atoms with Gasteiger partial charge in [0.15, 0.2) is 0 Å². The zero-order chi connectivity index (χ0) is 13.1. The number of nitrogens with one attached hydrogen (secondary N) is 1. The van der Waals surface area contributed by atoms with E-state index in [-0.39, 0.29) is 24.0 Å². The molecule has 0 saturated heterocycles. The van der Waals surface area contributed by atoms with Crippen LogP contribution < -0.4 is 15.8 Å². The Morgan fingerprint density at radius 2 is 2.22 bits per heavy atom. The predicted octanol–water partition coefficient (Wildman–Crippen LogP) is 1.09.